The number of nitrogens with zero attached hydrogens (tertiary/aromatic N) is 3. The molecule has 102 valence electrons. The summed E-state index contributed by atoms with van der Waals surface area (Å²) < 4.78 is 2.08. The molecule has 0 saturated heterocycles. The zero-order chi connectivity index (χ0) is 14.4. The fraction of sp³-hybridized carbons (Fsp3) is 0.0588. The molecule has 4 nitrogen and oxygen atoms in total. The zero-order valence-corrected chi connectivity index (χ0v) is 11.6. The number of fused-ring (bicyclic) bond motifs is 3. The molecule has 2 N–H and O–H groups in total. The van der Waals surface area contributed by atoms with Gasteiger partial charge in [0, 0.05) is 16.9 Å². The number of hydrogen-bond acceptors (Lipinski definition) is 3. The minimum absolute atomic E-state index is 0.725. The van der Waals surface area contributed by atoms with Crippen molar-refractivity contribution >= 4 is 22.5 Å². The first-order valence-electron chi connectivity index (χ1n) is 6.83. The highest BCUT2D eigenvalue weighted by molar-refractivity contribution is 5.80. The first-order valence-corrected chi connectivity index (χ1v) is 6.83. The van der Waals surface area contributed by atoms with E-state index in [0.29, 0.717) is 0 Å². The molecule has 0 atom stereocenters. The van der Waals surface area contributed by atoms with Gasteiger partial charge in [0.05, 0.1) is 16.7 Å². The number of para-hydroxylation sites is 2. The lowest BCUT2D eigenvalue weighted by Gasteiger charge is -2.06. The fourth-order valence-corrected chi connectivity index (χ4v) is 2.64. The average Bonchev–Trinajstić information content (AvgIpc) is 2.86. The maximum atomic E-state index is 5.74. The average molecular weight is 274 g/mol. The summed E-state index contributed by atoms with van der Waals surface area (Å²) in [5.74, 6) is 0.725. The van der Waals surface area contributed by atoms with Crippen LogP contribution < -0.4 is 5.73 Å². The van der Waals surface area contributed by atoms with Gasteiger partial charge in [-0.1, -0.05) is 24.3 Å². The molecule has 4 heteroatoms. The van der Waals surface area contributed by atoms with Gasteiger partial charge in [-0.25, -0.2) is 9.97 Å². The van der Waals surface area contributed by atoms with Gasteiger partial charge in [0.1, 0.15) is 0 Å². The summed E-state index contributed by atoms with van der Waals surface area (Å²) in [7, 11) is 0. The van der Waals surface area contributed by atoms with E-state index < -0.39 is 0 Å². The molecule has 4 rings (SSSR count). The Morgan fingerprint density at radius 3 is 2.52 bits per heavy atom. The maximum Gasteiger partial charge on any atom is 0.235 e. The lowest BCUT2D eigenvalue weighted by molar-refractivity contribution is 1.07. The van der Waals surface area contributed by atoms with E-state index in [9.17, 15) is 0 Å². The summed E-state index contributed by atoms with van der Waals surface area (Å²) in [6.45, 7) is 2.07. The number of imidazole rings is 1. The molecule has 0 bridgehead atoms. The van der Waals surface area contributed by atoms with Crippen LogP contribution in [0.3, 0.4) is 0 Å². The fourth-order valence-electron chi connectivity index (χ4n) is 2.64. The van der Waals surface area contributed by atoms with Gasteiger partial charge in [-0.3, -0.25) is 4.40 Å². The van der Waals surface area contributed by atoms with E-state index in [2.05, 4.69) is 33.4 Å². The molecule has 0 aliphatic heterocycles. The molecule has 0 radical (unpaired) electrons. The Hall–Kier alpha value is -2.88. The third-order valence-corrected chi connectivity index (χ3v) is 3.67. The van der Waals surface area contributed by atoms with Gasteiger partial charge in [-0.2, -0.15) is 0 Å². The van der Waals surface area contributed by atoms with Gasteiger partial charge in [-0.15, -0.1) is 0 Å². The molecule has 2 aromatic carbocycles. The second-order valence-electron chi connectivity index (χ2n) is 5.14. The highest BCUT2D eigenvalue weighted by Gasteiger charge is 2.10. The molecule has 0 unspecified atom stereocenters. The van der Waals surface area contributed by atoms with Gasteiger partial charge in [0.25, 0.3) is 0 Å². The van der Waals surface area contributed by atoms with Crippen LogP contribution in [-0.4, -0.2) is 14.4 Å². The summed E-state index contributed by atoms with van der Waals surface area (Å²) in [5.41, 5.74) is 11.6. The number of hydrogen-bond donors (Lipinski definition) is 1. The van der Waals surface area contributed by atoms with Gasteiger partial charge >= 0.3 is 0 Å². The molecule has 2 aromatic heterocycles. The van der Waals surface area contributed by atoms with E-state index in [1.165, 1.54) is 0 Å². The second kappa shape index (κ2) is 4.31. The molecule has 2 heterocycles. The molecule has 0 aliphatic rings. The largest absolute Gasteiger partial charge is 0.399 e. The van der Waals surface area contributed by atoms with Crippen molar-refractivity contribution in [1.29, 1.82) is 0 Å². The molecular formula is C17H14N4. The highest BCUT2D eigenvalue weighted by atomic mass is 15.1. The Morgan fingerprint density at radius 1 is 0.952 bits per heavy atom. The van der Waals surface area contributed by atoms with Crippen molar-refractivity contribution in [3.63, 3.8) is 0 Å². The number of nitrogen functional groups attached to an aromatic ring is 1. The summed E-state index contributed by atoms with van der Waals surface area (Å²) in [6, 6.07) is 17.9. The maximum absolute atomic E-state index is 5.74. The third-order valence-electron chi connectivity index (χ3n) is 3.67. The molecule has 0 aliphatic carbocycles. The molecule has 21 heavy (non-hydrogen) atoms. The normalized spacial score (nSPS) is 11.3. The van der Waals surface area contributed by atoms with Crippen molar-refractivity contribution in [3.05, 3.63) is 60.3 Å². The SMILES string of the molecule is Cc1cc(-c2ccc(N)cc2)nc2nc3ccccc3n12. The van der Waals surface area contributed by atoms with Crippen LogP contribution in [-0.2, 0) is 0 Å². The summed E-state index contributed by atoms with van der Waals surface area (Å²) in [5, 5.41) is 0. The predicted molar refractivity (Wildman–Crippen MR) is 85.1 cm³/mol. The second-order valence-corrected chi connectivity index (χ2v) is 5.14. The van der Waals surface area contributed by atoms with Crippen molar-refractivity contribution in [2.24, 2.45) is 0 Å². The van der Waals surface area contributed by atoms with Crippen LogP contribution in [0, 0.1) is 6.92 Å². The predicted octanol–water partition coefficient (Wildman–Crippen LogP) is 3.44. The zero-order valence-electron chi connectivity index (χ0n) is 11.6. The Bertz CT molecular complexity index is 952. The number of rotatable bonds is 1. The summed E-state index contributed by atoms with van der Waals surface area (Å²) in [6.07, 6.45) is 0. The standard InChI is InChI=1S/C17H14N4/c1-11-10-15(12-6-8-13(18)9-7-12)20-17-19-14-4-2-3-5-16(14)21(11)17/h2-10H,18H2,1H3. The molecule has 0 spiro atoms. The topological polar surface area (TPSA) is 56.2 Å². The van der Waals surface area contributed by atoms with Crippen LogP contribution in [0.25, 0.3) is 28.1 Å². The number of benzene rings is 2. The van der Waals surface area contributed by atoms with E-state index in [1.807, 2.05) is 42.5 Å². The van der Waals surface area contributed by atoms with Crippen LogP contribution >= 0.6 is 0 Å². The summed E-state index contributed by atoms with van der Waals surface area (Å²) in [4.78, 5) is 9.29. The molecule has 0 fully saturated rings. The quantitative estimate of drug-likeness (QED) is 0.541. The minimum Gasteiger partial charge on any atom is -0.399 e. The van der Waals surface area contributed by atoms with Crippen molar-refractivity contribution in [1.82, 2.24) is 14.4 Å². The Balaban J connectivity index is 2.00. The molecule has 4 aromatic rings. The van der Waals surface area contributed by atoms with E-state index >= 15 is 0 Å². The first kappa shape index (κ1) is 11.9. The van der Waals surface area contributed by atoms with Crippen molar-refractivity contribution < 1.29 is 0 Å². The van der Waals surface area contributed by atoms with E-state index in [-0.39, 0.29) is 0 Å². The minimum atomic E-state index is 0.725. The lowest BCUT2D eigenvalue weighted by Crippen LogP contribution is -1.96. The Kier molecular flexibility index (Phi) is 2.44. The number of nitrogens with two attached hydrogens (primary N) is 1. The Labute approximate surface area is 121 Å². The van der Waals surface area contributed by atoms with Crippen molar-refractivity contribution in [2.75, 3.05) is 5.73 Å². The van der Waals surface area contributed by atoms with Gasteiger partial charge in [0.2, 0.25) is 5.78 Å². The van der Waals surface area contributed by atoms with Gasteiger partial charge in [-0.05, 0) is 37.3 Å². The van der Waals surface area contributed by atoms with Crippen LogP contribution in [0.15, 0.2) is 54.6 Å². The van der Waals surface area contributed by atoms with E-state index in [1.54, 1.807) is 0 Å². The highest BCUT2D eigenvalue weighted by Crippen LogP contribution is 2.23. The van der Waals surface area contributed by atoms with Gasteiger partial charge in [0.15, 0.2) is 0 Å². The van der Waals surface area contributed by atoms with Crippen LogP contribution in [0.5, 0.6) is 0 Å². The van der Waals surface area contributed by atoms with E-state index in [4.69, 9.17) is 5.73 Å². The number of aryl methyl sites for hydroxylation is 1. The van der Waals surface area contributed by atoms with E-state index in [0.717, 1.165) is 39.4 Å². The van der Waals surface area contributed by atoms with Crippen LogP contribution in [0.4, 0.5) is 5.69 Å². The van der Waals surface area contributed by atoms with Crippen molar-refractivity contribution in [3.8, 4) is 11.3 Å². The number of aromatic nitrogens is 3. The smallest absolute Gasteiger partial charge is 0.235 e. The monoisotopic (exact) mass is 274 g/mol. The molecule has 0 saturated carbocycles. The summed E-state index contributed by atoms with van der Waals surface area (Å²) >= 11 is 0. The molecule has 0 amide bonds. The van der Waals surface area contributed by atoms with Crippen LogP contribution in [0.1, 0.15) is 5.69 Å². The number of anilines is 1. The first-order chi connectivity index (χ1) is 10.2. The molecular weight excluding hydrogens is 260 g/mol. The van der Waals surface area contributed by atoms with Crippen LogP contribution in [0.2, 0.25) is 0 Å². The van der Waals surface area contributed by atoms with Gasteiger partial charge < -0.3 is 5.73 Å². The van der Waals surface area contributed by atoms with Crippen molar-refractivity contribution in [2.45, 2.75) is 6.92 Å². The lowest BCUT2D eigenvalue weighted by atomic mass is 10.1. The third kappa shape index (κ3) is 1.84. The Morgan fingerprint density at radius 2 is 1.71 bits per heavy atom.